The summed E-state index contributed by atoms with van der Waals surface area (Å²) < 4.78 is 10.8. The van der Waals surface area contributed by atoms with Crippen LogP contribution in [-0.2, 0) is 4.74 Å². The molecule has 1 aliphatic heterocycles. The second kappa shape index (κ2) is 6.14. The van der Waals surface area contributed by atoms with Gasteiger partial charge in [-0.2, -0.15) is 0 Å². The molecule has 0 aliphatic carbocycles. The summed E-state index contributed by atoms with van der Waals surface area (Å²) in [6.07, 6.45) is 0.627. The predicted octanol–water partition coefficient (Wildman–Crippen LogP) is 4.07. The molecule has 1 heterocycles. The Balaban J connectivity index is 2.09. The first-order valence-electron chi connectivity index (χ1n) is 7.11. The number of carbonyl (C=O) groups is 1. The minimum absolute atomic E-state index is 0.228. The van der Waals surface area contributed by atoms with Crippen molar-refractivity contribution in [2.24, 2.45) is 0 Å². The highest BCUT2D eigenvalue weighted by Gasteiger charge is 2.31. The van der Waals surface area contributed by atoms with Crippen LogP contribution < -0.4 is 4.74 Å². The van der Waals surface area contributed by atoms with Crippen molar-refractivity contribution >= 4 is 17.7 Å². The van der Waals surface area contributed by atoms with Crippen LogP contribution in [0.5, 0.6) is 5.75 Å². The topological polar surface area (TPSA) is 38.8 Å². The van der Waals surface area contributed by atoms with Crippen LogP contribution >= 0.6 is 11.6 Å². The summed E-state index contributed by atoms with van der Waals surface area (Å²) in [4.78, 5) is 13.9. The molecule has 5 heteroatoms. The Kier molecular flexibility index (Phi) is 4.67. The minimum atomic E-state index is -0.469. The zero-order chi connectivity index (χ0) is 15.6. The third-order valence-corrected chi connectivity index (χ3v) is 3.71. The molecular weight excluding hydrogens is 290 g/mol. The van der Waals surface area contributed by atoms with E-state index >= 15 is 0 Å². The van der Waals surface area contributed by atoms with E-state index in [4.69, 9.17) is 21.1 Å². The van der Waals surface area contributed by atoms with Crippen LogP contribution in [0.3, 0.4) is 0 Å². The molecule has 1 amide bonds. The first kappa shape index (κ1) is 16.0. The second-order valence-electron chi connectivity index (χ2n) is 6.30. The molecule has 0 spiro atoms. The number of carbonyl (C=O) groups excluding carboxylic acids is 1. The largest absolute Gasteiger partial charge is 0.496 e. The fourth-order valence-electron chi connectivity index (χ4n) is 2.53. The van der Waals surface area contributed by atoms with E-state index in [1.54, 1.807) is 12.0 Å². The number of likely N-dealkylation sites (tertiary alicyclic amines) is 1. The van der Waals surface area contributed by atoms with Crippen LogP contribution in [0.2, 0.25) is 5.02 Å². The molecule has 2 rings (SSSR count). The van der Waals surface area contributed by atoms with Crippen LogP contribution in [0, 0.1) is 0 Å². The molecule has 1 aliphatic rings. The average Bonchev–Trinajstić information content (AvgIpc) is 2.86. The lowest BCUT2D eigenvalue weighted by molar-refractivity contribution is 0.0292. The number of benzene rings is 1. The van der Waals surface area contributed by atoms with Crippen LogP contribution in [0.25, 0.3) is 0 Å². The number of rotatable bonds is 2. The highest BCUT2D eigenvalue weighted by atomic mass is 35.5. The molecule has 0 bridgehead atoms. The van der Waals surface area contributed by atoms with Crippen molar-refractivity contribution < 1.29 is 14.3 Å². The Bertz CT molecular complexity index is 525. The van der Waals surface area contributed by atoms with Crippen molar-refractivity contribution in [1.82, 2.24) is 4.90 Å². The molecule has 0 aromatic heterocycles. The number of hydrogen-bond donors (Lipinski definition) is 0. The van der Waals surface area contributed by atoms with Crippen molar-refractivity contribution in [1.29, 1.82) is 0 Å². The molecule has 0 radical (unpaired) electrons. The molecule has 4 nitrogen and oxygen atoms in total. The van der Waals surface area contributed by atoms with E-state index in [-0.39, 0.29) is 12.0 Å². The maximum atomic E-state index is 12.1. The van der Waals surface area contributed by atoms with E-state index < -0.39 is 5.60 Å². The standard InChI is InChI=1S/C16H22ClNO3/c1-16(2,3)21-15(19)18-8-7-11(10-18)13-9-12(17)5-6-14(13)20-4/h5-6,9,11H,7-8,10H2,1-4H3. The molecule has 1 saturated heterocycles. The summed E-state index contributed by atoms with van der Waals surface area (Å²) >= 11 is 6.08. The molecule has 1 fully saturated rings. The van der Waals surface area contributed by atoms with Gasteiger partial charge < -0.3 is 14.4 Å². The summed E-state index contributed by atoms with van der Waals surface area (Å²) in [6.45, 7) is 6.94. The van der Waals surface area contributed by atoms with Gasteiger partial charge >= 0.3 is 6.09 Å². The van der Waals surface area contributed by atoms with E-state index in [0.29, 0.717) is 18.1 Å². The fraction of sp³-hybridized carbons (Fsp3) is 0.562. The Morgan fingerprint density at radius 2 is 2.10 bits per heavy atom. The SMILES string of the molecule is COc1ccc(Cl)cc1C1CCN(C(=O)OC(C)(C)C)C1. The minimum Gasteiger partial charge on any atom is -0.496 e. The molecule has 0 saturated carbocycles. The average molecular weight is 312 g/mol. The summed E-state index contributed by atoms with van der Waals surface area (Å²) in [5, 5.41) is 0.682. The normalized spacial score (nSPS) is 18.7. The number of halogens is 1. The number of amides is 1. The van der Waals surface area contributed by atoms with Gasteiger partial charge in [-0.05, 0) is 45.4 Å². The van der Waals surface area contributed by atoms with E-state index in [0.717, 1.165) is 17.7 Å². The zero-order valence-electron chi connectivity index (χ0n) is 13.0. The number of hydrogen-bond acceptors (Lipinski definition) is 3. The first-order valence-corrected chi connectivity index (χ1v) is 7.49. The van der Waals surface area contributed by atoms with Gasteiger partial charge in [0, 0.05) is 29.6 Å². The van der Waals surface area contributed by atoms with E-state index in [1.807, 2.05) is 39.0 Å². The van der Waals surface area contributed by atoms with Gasteiger partial charge in [-0.15, -0.1) is 0 Å². The van der Waals surface area contributed by atoms with Gasteiger partial charge in [-0.25, -0.2) is 4.79 Å². The Morgan fingerprint density at radius 1 is 1.38 bits per heavy atom. The maximum absolute atomic E-state index is 12.1. The van der Waals surface area contributed by atoms with Gasteiger partial charge in [-0.3, -0.25) is 0 Å². The molecule has 0 N–H and O–H groups in total. The molecular formula is C16H22ClNO3. The predicted molar refractivity (Wildman–Crippen MR) is 83.2 cm³/mol. The van der Waals surface area contributed by atoms with Crippen LogP contribution in [0.15, 0.2) is 18.2 Å². The maximum Gasteiger partial charge on any atom is 0.410 e. The molecule has 1 aromatic rings. The Morgan fingerprint density at radius 3 is 2.71 bits per heavy atom. The third kappa shape index (κ3) is 4.03. The highest BCUT2D eigenvalue weighted by Crippen LogP contribution is 2.35. The lowest BCUT2D eigenvalue weighted by atomic mass is 9.97. The second-order valence-corrected chi connectivity index (χ2v) is 6.73. The van der Waals surface area contributed by atoms with Gasteiger partial charge in [0.15, 0.2) is 0 Å². The zero-order valence-corrected chi connectivity index (χ0v) is 13.7. The summed E-state index contributed by atoms with van der Waals surface area (Å²) in [5.74, 6) is 1.04. The van der Waals surface area contributed by atoms with Gasteiger partial charge in [0.2, 0.25) is 0 Å². The molecule has 21 heavy (non-hydrogen) atoms. The van der Waals surface area contributed by atoms with E-state index in [2.05, 4.69) is 0 Å². The van der Waals surface area contributed by atoms with Gasteiger partial charge in [0.1, 0.15) is 11.4 Å². The van der Waals surface area contributed by atoms with Crippen molar-refractivity contribution in [3.63, 3.8) is 0 Å². The van der Waals surface area contributed by atoms with Crippen molar-refractivity contribution in [3.05, 3.63) is 28.8 Å². The lowest BCUT2D eigenvalue weighted by Crippen LogP contribution is -2.35. The van der Waals surface area contributed by atoms with Gasteiger partial charge in [-0.1, -0.05) is 11.6 Å². The van der Waals surface area contributed by atoms with Crippen molar-refractivity contribution in [2.45, 2.75) is 38.7 Å². The summed E-state index contributed by atoms with van der Waals surface area (Å²) in [7, 11) is 1.65. The number of nitrogens with zero attached hydrogens (tertiary/aromatic N) is 1. The smallest absolute Gasteiger partial charge is 0.410 e. The highest BCUT2D eigenvalue weighted by molar-refractivity contribution is 6.30. The van der Waals surface area contributed by atoms with E-state index in [9.17, 15) is 4.79 Å². The van der Waals surface area contributed by atoms with Gasteiger partial charge in [0.25, 0.3) is 0 Å². The van der Waals surface area contributed by atoms with Crippen LogP contribution in [-0.4, -0.2) is 36.8 Å². The lowest BCUT2D eigenvalue weighted by Gasteiger charge is -2.24. The molecule has 1 aromatic carbocycles. The number of ether oxygens (including phenoxy) is 2. The molecule has 116 valence electrons. The quantitative estimate of drug-likeness (QED) is 0.826. The summed E-state index contributed by atoms with van der Waals surface area (Å²) in [5.41, 5.74) is 0.583. The van der Waals surface area contributed by atoms with Crippen LogP contribution in [0.1, 0.15) is 38.7 Å². The monoisotopic (exact) mass is 311 g/mol. The number of methoxy groups -OCH3 is 1. The van der Waals surface area contributed by atoms with Crippen LogP contribution in [0.4, 0.5) is 4.79 Å². The first-order chi connectivity index (χ1) is 9.80. The Hall–Kier alpha value is -1.42. The van der Waals surface area contributed by atoms with Crippen molar-refractivity contribution in [3.8, 4) is 5.75 Å². The Labute approximate surface area is 131 Å². The summed E-state index contributed by atoms with van der Waals surface area (Å²) in [6, 6.07) is 5.60. The molecule has 1 atom stereocenters. The van der Waals surface area contributed by atoms with Crippen molar-refractivity contribution in [2.75, 3.05) is 20.2 Å². The molecule has 1 unspecified atom stereocenters. The fourth-order valence-corrected chi connectivity index (χ4v) is 2.71. The van der Waals surface area contributed by atoms with E-state index in [1.165, 1.54) is 0 Å². The van der Waals surface area contributed by atoms with Gasteiger partial charge in [0.05, 0.1) is 7.11 Å². The third-order valence-electron chi connectivity index (χ3n) is 3.47.